The fourth-order valence-corrected chi connectivity index (χ4v) is 2.84. The minimum atomic E-state index is 0.0128. The SMILES string of the molecule is CN1CCCC1C(=O)Nc1ccc(-c2ccccc2)cc1. The van der Waals surface area contributed by atoms with Crippen molar-refractivity contribution < 1.29 is 4.79 Å². The van der Waals surface area contributed by atoms with Crippen molar-refractivity contribution in [2.45, 2.75) is 18.9 Å². The van der Waals surface area contributed by atoms with Crippen LogP contribution >= 0.6 is 0 Å². The summed E-state index contributed by atoms with van der Waals surface area (Å²) in [5.74, 6) is 0.0995. The van der Waals surface area contributed by atoms with Gasteiger partial charge in [0.15, 0.2) is 0 Å². The Kier molecular flexibility index (Phi) is 4.02. The van der Waals surface area contributed by atoms with E-state index in [2.05, 4.69) is 22.3 Å². The lowest BCUT2D eigenvalue weighted by Gasteiger charge is -2.18. The van der Waals surface area contributed by atoms with Crippen LogP contribution in [0.1, 0.15) is 12.8 Å². The molecule has 1 atom stereocenters. The third kappa shape index (κ3) is 3.14. The molecule has 1 saturated heterocycles. The van der Waals surface area contributed by atoms with Crippen molar-refractivity contribution >= 4 is 11.6 Å². The van der Waals surface area contributed by atoms with Gasteiger partial charge in [0.2, 0.25) is 5.91 Å². The van der Waals surface area contributed by atoms with Gasteiger partial charge < -0.3 is 5.32 Å². The highest BCUT2D eigenvalue weighted by Gasteiger charge is 2.27. The molecule has 1 heterocycles. The maximum atomic E-state index is 12.2. The van der Waals surface area contributed by atoms with Gasteiger partial charge in [0.25, 0.3) is 0 Å². The number of amides is 1. The Hall–Kier alpha value is -2.13. The first-order chi connectivity index (χ1) is 10.2. The van der Waals surface area contributed by atoms with E-state index in [0.29, 0.717) is 0 Å². The number of hydrogen-bond donors (Lipinski definition) is 1. The predicted molar refractivity (Wildman–Crippen MR) is 86.2 cm³/mol. The summed E-state index contributed by atoms with van der Waals surface area (Å²) < 4.78 is 0. The Morgan fingerprint density at radius 3 is 2.33 bits per heavy atom. The van der Waals surface area contributed by atoms with Crippen LogP contribution in [0.5, 0.6) is 0 Å². The van der Waals surface area contributed by atoms with Crippen molar-refractivity contribution in [2.24, 2.45) is 0 Å². The first kappa shape index (κ1) is 13.8. The molecule has 0 bridgehead atoms. The summed E-state index contributed by atoms with van der Waals surface area (Å²) in [5.41, 5.74) is 3.21. The monoisotopic (exact) mass is 280 g/mol. The maximum Gasteiger partial charge on any atom is 0.241 e. The summed E-state index contributed by atoms with van der Waals surface area (Å²) in [5, 5.41) is 3.01. The second-order valence-electron chi connectivity index (χ2n) is 5.57. The van der Waals surface area contributed by atoms with E-state index in [0.717, 1.165) is 30.6 Å². The summed E-state index contributed by atoms with van der Waals surface area (Å²) in [7, 11) is 2.01. The molecule has 0 spiro atoms. The number of likely N-dealkylation sites (N-methyl/N-ethyl adjacent to an activating group) is 1. The molecule has 3 nitrogen and oxygen atoms in total. The van der Waals surface area contributed by atoms with E-state index in [9.17, 15) is 4.79 Å². The highest BCUT2D eigenvalue weighted by Crippen LogP contribution is 2.22. The normalized spacial score (nSPS) is 18.6. The number of carbonyl (C=O) groups excluding carboxylic acids is 1. The van der Waals surface area contributed by atoms with Gasteiger partial charge in [-0.1, -0.05) is 42.5 Å². The molecule has 0 radical (unpaired) electrons. The zero-order valence-corrected chi connectivity index (χ0v) is 12.3. The van der Waals surface area contributed by atoms with Crippen LogP contribution in [0.25, 0.3) is 11.1 Å². The minimum absolute atomic E-state index is 0.0128. The molecule has 0 aromatic heterocycles. The Morgan fingerprint density at radius 1 is 1.05 bits per heavy atom. The fraction of sp³-hybridized carbons (Fsp3) is 0.278. The van der Waals surface area contributed by atoms with E-state index < -0.39 is 0 Å². The molecule has 1 amide bonds. The molecule has 3 rings (SSSR count). The van der Waals surface area contributed by atoms with Gasteiger partial charge in [-0.3, -0.25) is 9.69 Å². The van der Waals surface area contributed by atoms with Gasteiger partial charge in [-0.05, 0) is 49.7 Å². The lowest BCUT2D eigenvalue weighted by Crippen LogP contribution is -2.37. The van der Waals surface area contributed by atoms with Crippen molar-refractivity contribution in [1.82, 2.24) is 4.90 Å². The Bertz CT molecular complexity index is 607. The van der Waals surface area contributed by atoms with Crippen molar-refractivity contribution in [2.75, 3.05) is 18.9 Å². The summed E-state index contributed by atoms with van der Waals surface area (Å²) in [4.78, 5) is 14.3. The first-order valence-corrected chi connectivity index (χ1v) is 7.40. The molecule has 1 aliphatic heterocycles. The van der Waals surface area contributed by atoms with Crippen molar-refractivity contribution in [3.63, 3.8) is 0 Å². The van der Waals surface area contributed by atoms with Gasteiger partial charge in [-0.25, -0.2) is 0 Å². The number of nitrogens with zero attached hydrogens (tertiary/aromatic N) is 1. The molecular weight excluding hydrogens is 260 g/mol. The quantitative estimate of drug-likeness (QED) is 0.934. The Labute approximate surface area is 125 Å². The number of benzene rings is 2. The summed E-state index contributed by atoms with van der Waals surface area (Å²) >= 11 is 0. The van der Waals surface area contributed by atoms with E-state index in [1.807, 2.05) is 49.5 Å². The number of nitrogens with one attached hydrogen (secondary N) is 1. The molecule has 21 heavy (non-hydrogen) atoms. The second kappa shape index (κ2) is 6.10. The van der Waals surface area contributed by atoms with E-state index in [4.69, 9.17) is 0 Å². The molecule has 2 aromatic rings. The maximum absolute atomic E-state index is 12.2. The second-order valence-corrected chi connectivity index (χ2v) is 5.57. The summed E-state index contributed by atoms with van der Waals surface area (Å²) in [6.45, 7) is 1.00. The van der Waals surface area contributed by atoms with Crippen LogP contribution in [0.3, 0.4) is 0 Å². The highest BCUT2D eigenvalue weighted by molar-refractivity contribution is 5.95. The van der Waals surface area contributed by atoms with Crippen LogP contribution in [-0.2, 0) is 4.79 Å². The van der Waals surface area contributed by atoms with Crippen LogP contribution in [0.2, 0.25) is 0 Å². The van der Waals surface area contributed by atoms with Gasteiger partial charge in [0, 0.05) is 5.69 Å². The van der Waals surface area contributed by atoms with Gasteiger partial charge in [-0.2, -0.15) is 0 Å². The Balaban J connectivity index is 1.69. The van der Waals surface area contributed by atoms with Crippen LogP contribution in [0.4, 0.5) is 5.69 Å². The van der Waals surface area contributed by atoms with Crippen molar-refractivity contribution in [1.29, 1.82) is 0 Å². The molecule has 2 aromatic carbocycles. The summed E-state index contributed by atoms with van der Waals surface area (Å²) in [6.07, 6.45) is 2.05. The lowest BCUT2D eigenvalue weighted by atomic mass is 10.1. The Morgan fingerprint density at radius 2 is 1.71 bits per heavy atom. The van der Waals surface area contributed by atoms with Crippen LogP contribution in [0.15, 0.2) is 54.6 Å². The third-order valence-corrected chi connectivity index (χ3v) is 4.08. The average molecular weight is 280 g/mol. The molecule has 1 fully saturated rings. The number of anilines is 1. The standard InChI is InChI=1S/C18H20N2O/c1-20-13-5-8-17(20)18(21)19-16-11-9-15(10-12-16)14-6-3-2-4-7-14/h2-4,6-7,9-12,17H,5,8,13H2,1H3,(H,19,21). The van der Waals surface area contributed by atoms with Gasteiger partial charge >= 0.3 is 0 Å². The first-order valence-electron chi connectivity index (χ1n) is 7.40. The zero-order valence-electron chi connectivity index (χ0n) is 12.3. The van der Waals surface area contributed by atoms with E-state index >= 15 is 0 Å². The van der Waals surface area contributed by atoms with Crippen LogP contribution < -0.4 is 5.32 Å². The number of carbonyl (C=O) groups is 1. The topological polar surface area (TPSA) is 32.3 Å². The smallest absolute Gasteiger partial charge is 0.241 e. The molecule has 1 aliphatic rings. The molecule has 1 N–H and O–H groups in total. The van der Waals surface area contributed by atoms with E-state index in [1.54, 1.807) is 0 Å². The molecule has 0 aliphatic carbocycles. The van der Waals surface area contributed by atoms with Crippen LogP contribution in [0, 0.1) is 0 Å². The average Bonchev–Trinajstić information content (AvgIpc) is 2.95. The fourth-order valence-electron chi connectivity index (χ4n) is 2.84. The highest BCUT2D eigenvalue weighted by atomic mass is 16.2. The minimum Gasteiger partial charge on any atom is -0.325 e. The predicted octanol–water partition coefficient (Wildman–Crippen LogP) is 3.39. The molecule has 3 heteroatoms. The third-order valence-electron chi connectivity index (χ3n) is 4.08. The van der Waals surface area contributed by atoms with Gasteiger partial charge in [-0.15, -0.1) is 0 Å². The van der Waals surface area contributed by atoms with Gasteiger partial charge in [0.1, 0.15) is 0 Å². The molecule has 108 valence electrons. The summed E-state index contributed by atoms with van der Waals surface area (Å²) in [6, 6.07) is 18.3. The van der Waals surface area contributed by atoms with E-state index in [-0.39, 0.29) is 11.9 Å². The lowest BCUT2D eigenvalue weighted by molar-refractivity contribution is -0.119. The van der Waals surface area contributed by atoms with Crippen LogP contribution in [-0.4, -0.2) is 30.4 Å². The molecule has 0 saturated carbocycles. The van der Waals surface area contributed by atoms with Crippen molar-refractivity contribution in [3.05, 3.63) is 54.6 Å². The zero-order chi connectivity index (χ0) is 14.7. The number of hydrogen-bond acceptors (Lipinski definition) is 2. The molecular formula is C18H20N2O. The molecule has 1 unspecified atom stereocenters. The number of rotatable bonds is 3. The van der Waals surface area contributed by atoms with E-state index in [1.165, 1.54) is 5.56 Å². The van der Waals surface area contributed by atoms with Crippen molar-refractivity contribution in [3.8, 4) is 11.1 Å². The number of likely N-dealkylation sites (tertiary alicyclic amines) is 1. The van der Waals surface area contributed by atoms with Gasteiger partial charge in [0.05, 0.1) is 6.04 Å². The largest absolute Gasteiger partial charge is 0.325 e.